The number of rotatable bonds is 6. The van der Waals surface area contributed by atoms with Crippen LogP contribution >= 0.6 is 11.6 Å². The Balaban J connectivity index is 1.79. The van der Waals surface area contributed by atoms with Crippen LogP contribution in [0, 0.1) is 12.7 Å². The molecule has 1 amide bonds. The number of carbonyl (C=O) groups is 1. The van der Waals surface area contributed by atoms with E-state index in [0.29, 0.717) is 16.6 Å². The normalized spacial score (nSPS) is 13.0. The molecule has 3 aromatic rings. The molecule has 1 N–H and O–H groups in total. The molecule has 0 aliphatic rings. The number of halogens is 2. The van der Waals surface area contributed by atoms with E-state index in [2.05, 4.69) is 10.3 Å². The Labute approximate surface area is 168 Å². The van der Waals surface area contributed by atoms with Gasteiger partial charge in [-0.25, -0.2) is 9.37 Å². The number of nitrogens with one attached hydrogen (secondary N) is 1. The van der Waals surface area contributed by atoms with Gasteiger partial charge in [0.25, 0.3) is 5.91 Å². The Morgan fingerprint density at radius 2 is 1.96 bits per heavy atom. The minimum atomic E-state index is -0.746. The number of ether oxygens (including phenoxy) is 1. The molecule has 2 atom stereocenters. The molecule has 1 heterocycles. The standard InChI is InChI=1S/C21H21ClFN3O2/c1-13-12-17(8-9-18(13)22)28-14(2)21(27)25-19(20-24-10-11-26(20)3)15-4-6-16(23)7-5-15/h4-12,14,19H,1-3H3,(H,25,27). The van der Waals surface area contributed by atoms with Gasteiger partial charge in [0.1, 0.15) is 23.4 Å². The van der Waals surface area contributed by atoms with E-state index in [-0.39, 0.29) is 11.7 Å². The summed E-state index contributed by atoms with van der Waals surface area (Å²) < 4.78 is 20.9. The highest BCUT2D eigenvalue weighted by molar-refractivity contribution is 6.31. The van der Waals surface area contributed by atoms with Crippen molar-refractivity contribution >= 4 is 17.5 Å². The lowest BCUT2D eigenvalue weighted by Crippen LogP contribution is -2.39. The van der Waals surface area contributed by atoms with Crippen molar-refractivity contribution in [3.8, 4) is 5.75 Å². The summed E-state index contributed by atoms with van der Waals surface area (Å²) in [5.41, 5.74) is 1.59. The molecular formula is C21H21ClFN3O2. The second kappa shape index (κ2) is 8.44. The Morgan fingerprint density at radius 1 is 1.25 bits per heavy atom. The van der Waals surface area contributed by atoms with E-state index in [9.17, 15) is 9.18 Å². The van der Waals surface area contributed by atoms with E-state index in [1.807, 2.05) is 18.5 Å². The molecule has 0 bridgehead atoms. The highest BCUT2D eigenvalue weighted by Crippen LogP contribution is 2.23. The summed E-state index contributed by atoms with van der Waals surface area (Å²) in [5.74, 6) is 0.530. The van der Waals surface area contributed by atoms with E-state index < -0.39 is 12.1 Å². The summed E-state index contributed by atoms with van der Waals surface area (Å²) >= 11 is 6.03. The van der Waals surface area contributed by atoms with Gasteiger partial charge in [0.2, 0.25) is 0 Å². The third kappa shape index (κ3) is 4.51. The number of imidazole rings is 1. The van der Waals surface area contributed by atoms with Gasteiger partial charge < -0.3 is 14.6 Å². The minimum Gasteiger partial charge on any atom is -0.481 e. The summed E-state index contributed by atoms with van der Waals surface area (Å²) in [5, 5.41) is 3.58. The highest BCUT2D eigenvalue weighted by atomic mass is 35.5. The average molecular weight is 402 g/mol. The number of aromatic nitrogens is 2. The first-order valence-electron chi connectivity index (χ1n) is 8.81. The highest BCUT2D eigenvalue weighted by Gasteiger charge is 2.24. The lowest BCUT2D eigenvalue weighted by atomic mass is 10.1. The summed E-state index contributed by atoms with van der Waals surface area (Å²) in [4.78, 5) is 17.1. The van der Waals surface area contributed by atoms with Gasteiger partial charge in [-0.3, -0.25) is 4.79 Å². The molecular weight excluding hydrogens is 381 g/mol. The maximum Gasteiger partial charge on any atom is 0.261 e. The number of hydrogen-bond acceptors (Lipinski definition) is 3. The third-order valence-corrected chi connectivity index (χ3v) is 4.84. The first kappa shape index (κ1) is 19.9. The van der Waals surface area contributed by atoms with Crippen LogP contribution in [0.25, 0.3) is 0 Å². The molecule has 3 rings (SSSR count). The Hall–Kier alpha value is -2.86. The molecule has 0 spiro atoms. The fourth-order valence-corrected chi connectivity index (χ4v) is 2.93. The molecule has 0 radical (unpaired) electrons. The van der Waals surface area contributed by atoms with Gasteiger partial charge in [0.05, 0.1) is 0 Å². The predicted octanol–water partition coefficient (Wildman–Crippen LogP) is 4.19. The molecule has 7 heteroatoms. The van der Waals surface area contributed by atoms with Crippen LogP contribution in [0.2, 0.25) is 5.02 Å². The number of benzene rings is 2. The molecule has 28 heavy (non-hydrogen) atoms. The van der Waals surface area contributed by atoms with Crippen molar-refractivity contribution in [1.29, 1.82) is 0 Å². The molecule has 0 saturated carbocycles. The van der Waals surface area contributed by atoms with Gasteiger partial charge >= 0.3 is 0 Å². The second-order valence-electron chi connectivity index (χ2n) is 6.56. The molecule has 0 fully saturated rings. The zero-order chi connectivity index (χ0) is 20.3. The summed E-state index contributed by atoms with van der Waals surface area (Å²) in [6.45, 7) is 3.53. The fraction of sp³-hybridized carbons (Fsp3) is 0.238. The van der Waals surface area contributed by atoms with E-state index in [4.69, 9.17) is 16.3 Å². The summed E-state index contributed by atoms with van der Waals surface area (Å²) in [6, 6.07) is 10.7. The lowest BCUT2D eigenvalue weighted by Gasteiger charge is -2.22. The van der Waals surface area contributed by atoms with Gasteiger partial charge in [0.15, 0.2) is 6.10 Å². The van der Waals surface area contributed by atoms with Gasteiger partial charge in [-0.1, -0.05) is 23.7 Å². The molecule has 2 aromatic carbocycles. The molecule has 0 aliphatic heterocycles. The lowest BCUT2D eigenvalue weighted by molar-refractivity contribution is -0.127. The second-order valence-corrected chi connectivity index (χ2v) is 6.97. The molecule has 0 aliphatic carbocycles. The predicted molar refractivity (Wildman–Crippen MR) is 106 cm³/mol. The SMILES string of the molecule is Cc1cc(OC(C)C(=O)NC(c2ccc(F)cc2)c2nccn2C)ccc1Cl. The Kier molecular flexibility index (Phi) is 5.99. The maximum atomic E-state index is 13.3. The number of carbonyl (C=O) groups excluding carboxylic acids is 1. The van der Waals surface area contributed by atoms with Crippen LogP contribution in [0.1, 0.15) is 29.9 Å². The van der Waals surface area contributed by atoms with E-state index in [0.717, 1.165) is 11.1 Å². The number of amides is 1. The summed E-state index contributed by atoms with van der Waals surface area (Å²) in [7, 11) is 1.83. The Morgan fingerprint density at radius 3 is 2.57 bits per heavy atom. The van der Waals surface area contributed by atoms with Gasteiger partial charge in [-0.05, 0) is 55.3 Å². The molecule has 0 saturated heterocycles. The Bertz CT molecular complexity index is 972. The van der Waals surface area contributed by atoms with Crippen LogP contribution < -0.4 is 10.1 Å². The zero-order valence-corrected chi connectivity index (χ0v) is 16.6. The fourth-order valence-electron chi connectivity index (χ4n) is 2.82. The van der Waals surface area contributed by atoms with Gasteiger partial charge in [-0.2, -0.15) is 0 Å². The van der Waals surface area contributed by atoms with E-state index in [1.165, 1.54) is 12.1 Å². The van der Waals surface area contributed by atoms with Crippen molar-refractivity contribution in [2.75, 3.05) is 0 Å². The molecule has 2 unspecified atom stereocenters. The van der Waals surface area contributed by atoms with Crippen LogP contribution in [0.5, 0.6) is 5.75 Å². The van der Waals surface area contributed by atoms with Crippen molar-refractivity contribution < 1.29 is 13.9 Å². The average Bonchev–Trinajstić information content (AvgIpc) is 3.09. The minimum absolute atomic E-state index is 0.315. The number of nitrogens with zero attached hydrogens (tertiary/aromatic N) is 2. The number of hydrogen-bond donors (Lipinski definition) is 1. The van der Waals surface area contributed by atoms with Crippen molar-refractivity contribution in [3.05, 3.63) is 82.6 Å². The van der Waals surface area contributed by atoms with Crippen LogP contribution in [-0.4, -0.2) is 21.6 Å². The molecule has 146 valence electrons. The molecule has 5 nitrogen and oxygen atoms in total. The quantitative estimate of drug-likeness (QED) is 0.673. The smallest absolute Gasteiger partial charge is 0.261 e. The maximum absolute atomic E-state index is 13.3. The van der Waals surface area contributed by atoms with Crippen LogP contribution in [-0.2, 0) is 11.8 Å². The van der Waals surface area contributed by atoms with Crippen LogP contribution in [0.15, 0.2) is 54.9 Å². The van der Waals surface area contributed by atoms with Gasteiger partial charge in [0, 0.05) is 24.5 Å². The van der Waals surface area contributed by atoms with Crippen LogP contribution in [0.4, 0.5) is 4.39 Å². The largest absolute Gasteiger partial charge is 0.481 e. The first-order valence-corrected chi connectivity index (χ1v) is 9.19. The van der Waals surface area contributed by atoms with Crippen molar-refractivity contribution in [2.24, 2.45) is 7.05 Å². The summed E-state index contributed by atoms with van der Waals surface area (Å²) in [6.07, 6.45) is 2.69. The third-order valence-electron chi connectivity index (χ3n) is 4.42. The van der Waals surface area contributed by atoms with Crippen molar-refractivity contribution in [3.63, 3.8) is 0 Å². The van der Waals surface area contributed by atoms with Crippen molar-refractivity contribution in [2.45, 2.75) is 26.0 Å². The zero-order valence-electron chi connectivity index (χ0n) is 15.8. The van der Waals surface area contributed by atoms with Crippen LogP contribution in [0.3, 0.4) is 0 Å². The monoisotopic (exact) mass is 401 g/mol. The number of aryl methyl sites for hydroxylation is 2. The van der Waals surface area contributed by atoms with E-state index >= 15 is 0 Å². The first-order chi connectivity index (χ1) is 13.3. The van der Waals surface area contributed by atoms with Gasteiger partial charge in [-0.15, -0.1) is 0 Å². The van der Waals surface area contributed by atoms with E-state index in [1.54, 1.807) is 49.6 Å². The molecule has 1 aromatic heterocycles. The topological polar surface area (TPSA) is 56.1 Å². The van der Waals surface area contributed by atoms with Crippen molar-refractivity contribution in [1.82, 2.24) is 14.9 Å².